The molecule has 1 aromatic rings. The summed E-state index contributed by atoms with van der Waals surface area (Å²) in [6.07, 6.45) is 0.620. The van der Waals surface area contributed by atoms with E-state index in [0.717, 1.165) is 17.8 Å². The van der Waals surface area contributed by atoms with Crippen molar-refractivity contribution < 1.29 is 18.7 Å². The Morgan fingerprint density at radius 1 is 1.43 bits per heavy atom. The van der Waals surface area contributed by atoms with Crippen molar-refractivity contribution in [2.45, 2.75) is 44.3 Å². The van der Waals surface area contributed by atoms with Gasteiger partial charge in [-0.15, -0.1) is 11.8 Å². The SMILES string of the molecule is CCC(C)(C)C(=O)Nc1cc(SC(C)C(=O)OC)c(Cl)cc1F. The number of benzene rings is 1. The van der Waals surface area contributed by atoms with Crippen molar-refractivity contribution in [3.05, 3.63) is 23.0 Å². The maximum atomic E-state index is 14.0. The van der Waals surface area contributed by atoms with Crippen LogP contribution in [0.15, 0.2) is 17.0 Å². The van der Waals surface area contributed by atoms with Crippen LogP contribution in [0, 0.1) is 11.2 Å². The van der Waals surface area contributed by atoms with Gasteiger partial charge in [0.1, 0.15) is 11.1 Å². The van der Waals surface area contributed by atoms with Crippen molar-refractivity contribution in [1.82, 2.24) is 0 Å². The molecule has 0 aliphatic heterocycles. The van der Waals surface area contributed by atoms with Crippen LogP contribution in [0.1, 0.15) is 34.1 Å². The third-order valence-corrected chi connectivity index (χ3v) is 5.17. The lowest BCUT2D eigenvalue weighted by Gasteiger charge is -2.22. The number of nitrogens with one attached hydrogen (secondary N) is 1. The summed E-state index contributed by atoms with van der Waals surface area (Å²) in [5.74, 6) is -1.31. The van der Waals surface area contributed by atoms with E-state index in [2.05, 4.69) is 10.1 Å². The second-order valence-corrected chi connectivity index (χ2v) is 7.53. The summed E-state index contributed by atoms with van der Waals surface area (Å²) < 4.78 is 18.7. The molecule has 0 aliphatic carbocycles. The number of methoxy groups -OCH3 is 1. The lowest BCUT2D eigenvalue weighted by atomic mass is 9.89. The molecule has 0 fully saturated rings. The molecular weight excluding hydrogens is 341 g/mol. The molecule has 0 radical (unpaired) electrons. The molecule has 1 aromatic carbocycles. The number of amides is 1. The smallest absolute Gasteiger partial charge is 0.318 e. The predicted molar refractivity (Wildman–Crippen MR) is 91.4 cm³/mol. The molecule has 0 aliphatic rings. The molecule has 1 amide bonds. The summed E-state index contributed by atoms with van der Waals surface area (Å²) in [7, 11) is 1.30. The van der Waals surface area contributed by atoms with Crippen LogP contribution in [0.4, 0.5) is 10.1 Å². The Morgan fingerprint density at radius 2 is 2.04 bits per heavy atom. The Balaban J connectivity index is 3.05. The number of esters is 1. The molecular formula is C16H21ClFNO3S. The summed E-state index contributed by atoms with van der Waals surface area (Å²) in [6, 6.07) is 2.56. The molecule has 1 N–H and O–H groups in total. The first kappa shape index (κ1) is 19.8. The lowest BCUT2D eigenvalue weighted by molar-refractivity contribution is -0.139. The molecule has 0 heterocycles. The number of thioether (sulfide) groups is 1. The molecule has 1 rings (SSSR count). The standard InChI is InChI=1S/C16H21ClFNO3S/c1-6-16(3,4)15(21)19-12-8-13(10(17)7-11(12)18)23-9(2)14(20)22-5/h7-9H,6H2,1-5H3,(H,19,21). The van der Waals surface area contributed by atoms with Crippen LogP contribution in [0.3, 0.4) is 0 Å². The molecule has 4 nitrogen and oxygen atoms in total. The maximum absolute atomic E-state index is 14.0. The Hall–Kier alpha value is -1.27. The average molecular weight is 362 g/mol. The number of carbonyl (C=O) groups excluding carboxylic acids is 2. The molecule has 0 spiro atoms. The largest absolute Gasteiger partial charge is 0.468 e. The van der Waals surface area contributed by atoms with E-state index in [1.165, 1.54) is 13.2 Å². The first-order valence-corrected chi connectivity index (χ1v) is 8.43. The van der Waals surface area contributed by atoms with Gasteiger partial charge < -0.3 is 10.1 Å². The van der Waals surface area contributed by atoms with E-state index in [0.29, 0.717) is 11.3 Å². The van der Waals surface area contributed by atoms with E-state index in [1.807, 2.05) is 6.92 Å². The number of rotatable bonds is 6. The summed E-state index contributed by atoms with van der Waals surface area (Å²) in [6.45, 7) is 7.11. The van der Waals surface area contributed by atoms with E-state index in [1.54, 1.807) is 20.8 Å². The van der Waals surface area contributed by atoms with Crippen LogP contribution in [-0.4, -0.2) is 24.2 Å². The zero-order valence-electron chi connectivity index (χ0n) is 13.8. The maximum Gasteiger partial charge on any atom is 0.318 e. The highest BCUT2D eigenvalue weighted by atomic mass is 35.5. The van der Waals surface area contributed by atoms with Crippen LogP contribution in [-0.2, 0) is 14.3 Å². The summed E-state index contributed by atoms with van der Waals surface area (Å²) in [5, 5.41) is 2.26. The predicted octanol–water partition coefficient (Wildman–Crippen LogP) is 4.51. The molecule has 1 atom stereocenters. The Bertz CT molecular complexity index is 607. The first-order valence-electron chi connectivity index (χ1n) is 7.17. The number of hydrogen-bond donors (Lipinski definition) is 1. The van der Waals surface area contributed by atoms with Crippen molar-refractivity contribution in [1.29, 1.82) is 0 Å². The third kappa shape index (κ3) is 5.11. The molecule has 0 bridgehead atoms. The number of carbonyl (C=O) groups is 2. The highest BCUT2D eigenvalue weighted by Crippen LogP contribution is 2.35. The normalized spacial score (nSPS) is 12.7. The number of anilines is 1. The summed E-state index contributed by atoms with van der Waals surface area (Å²) in [5.41, 5.74) is -0.570. The van der Waals surface area contributed by atoms with Crippen molar-refractivity contribution >= 4 is 40.9 Å². The Kier molecular flexibility index (Phi) is 6.89. The number of halogens is 2. The fourth-order valence-corrected chi connectivity index (χ4v) is 2.79. The quantitative estimate of drug-likeness (QED) is 0.598. The molecule has 0 saturated heterocycles. The molecule has 128 valence electrons. The van der Waals surface area contributed by atoms with Crippen LogP contribution in [0.25, 0.3) is 0 Å². The van der Waals surface area contributed by atoms with Gasteiger partial charge in [0.25, 0.3) is 0 Å². The van der Waals surface area contributed by atoms with E-state index >= 15 is 0 Å². The van der Waals surface area contributed by atoms with Gasteiger partial charge in [0.2, 0.25) is 5.91 Å². The fourth-order valence-electron chi connectivity index (χ4n) is 1.57. The third-order valence-electron chi connectivity index (χ3n) is 3.61. The molecule has 0 aromatic heterocycles. The van der Waals surface area contributed by atoms with Crippen molar-refractivity contribution in [2.75, 3.05) is 12.4 Å². The lowest BCUT2D eigenvalue weighted by Crippen LogP contribution is -2.30. The fraction of sp³-hybridized carbons (Fsp3) is 0.500. The molecule has 7 heteroatoms. The van der Waals surface area contributed by atoms with Gasteiger partial charge in [-0.1, -0.05) is 32.4 Å². The van der Waals surface area contributed by atoms with Crippen molar-refractivity contribution in [3.8, 4) is 0 Å². The Morgan fingerprint density at radius 3 is 2.57 bits per heavy atom. The van der Waals surface area contributed by atoms with Crippen LogP contribution < -0.4 is 5.32 Å². The van der Waals surface area contributed by atoms with Gasteiger partial charge >= 0.3 is 5.97 Å². The minimum absolute atomic E-state index is 0.0421. The summed E-state index contributed by atoms with van der Waals surface area (Å²) >= 11 is 7.16. The van der Waals surface area contributed by atoms with Crippen LogP contribution in [0.5, 0.6) is 0 Å². The van der Waals surface area contributed by atoms with Gasteiger partial charge in [-0.05, 0) is 25.5 Å². The minimum Gasteiger partial charge on any atom is -0.468 e. The number of ether oxygens (including phenoxy) is 1. The topological polar surface area (TPSA) is 55.4 Å². The van der Waals surface area contributed by atoms with Crippen LogP contribution in [0.2, 0.25) is 5.02 Å². The van der Waals surface area contributed by atoms with Gasteiger partial charge in [0, 0.05) is 10.3 Å². The first-order chi connectivity index (χ1) is 10.6. The van der Waals surface area contributed by atoms with Gasteiger partial charge in [-0.2, -0.15) is 0 Å². The Labute approximate surface area is 145 Å². The van der Waals surface area contributed by atoms with Crippen LogP contribution >= 0.6 is 23.4 Å². The zero-order valence-corrected chi connectivity index (χ0v) is 15.4. The average Bonchev–Trinajstić information content (AvgIpc) is 2.50. The van der Waals surface area contributed by atoms with Gasteiger partial charge in [-0.3, -0.25) is 9.59 Å². The molecule has 0 saturated carbocycles. The molecule has 1 unspecified atom stereocenters. The minimum atomic E-state index is -0.620. The highest BCUT2D eigenvalue weighted by molar-refractivity contribution is 8.00. The van der Waals surface area contributed by atoms with Gasteiger partial charge in [0.05, 0.1) is 17.8 Å². The van der Waals surface area contributed by atoms with E-state index < -0.39 is 22.5 Å². The highest BCUT2D eigenvalue weighted by Gasteiger charge is 2.26. The van der Waals surface area contributed by atoms with Crippen molar-refractivity contribution in [3.63, 3.8) is 0 Å². The number of hydrogen-bond acceptors (Lipinski definition) is 4. The summed E-state index contributed by atoms with van der Waals surface area (Å²) in [4.78, 5) is 24.2. The monoisotopic (exact) mass is 361 g/mol. The van der Waals surface area contributed by atoms with E-state index in [9.17, 15) is 14.0 Å². The second kappa shape index (κ2) is 8.02. The van der Waals surface area contributed by atoms with E-state index in [4.69, 9.17) is 11.6 Å². The zero-order chi connectivity index (χ0) is 17.8. The van der Waals surface area contributed by atoms with E-state index in [-0.39, 0.29) is 16.6 Å². The molecule has 23 heavy (non-hydrogen) atoms. The van der Waals surface area contributed by atoms with Gasteiger partial charge in [0.15, 0.2) is 0 Å². The van der Waals surface area contributed by atoms with Crippen molar-refractivity contribution in [2.24, 2.45) is 5.41 Å². The second-order valence-electron chi connectivity index (χ2n) is 5.74. The van der Waals surface area contributed by atoms with Gasteiger partial charge in [-0.25, -0.2) is 4.39 Å².